The molecule has 0 unspecified atom stereocenters. The number of thiazole rings is 1. The lowest BCUT2D eigenvalue weighted by atomic mass is 10.1. The number of carbonyl (C=O) groups is 1. The lowest BCUT2D eigenvalue weighted by Crippen LogP contribution is -2.14. The summed E-state index contributed by atoms with van der Waals surface area (Å²) in [6, 6.07) is 14.4. The van der Waals surface area contributed by atoms with Crippen LogP contribution in [0.4, 0.5) is 5.13 Å². The Kier molecular flexibility index (Phi) is 5.38. The summed E-state index contributed by atoms with van der Waals surface area (Å²) in [7, 11) is -3.39. The zero-order valence-electron chi connectivity index (χ0n) is 15.8. The highest BCUT2D eigenvalue weighted by Crippen LogP contribution is 2.40. The number of amides is 1. The quantitative estimate of drug-likeness (QED) is 0.636. The van der Waals surface area contributed by atoms with Crippen LogP contribution < -0.4 is 10.1 Å². The number of nitrogens with one attached hydrogen (secondary N) is 1. The molecule has 2 aromatic carbocycles. The Morgan fingerprint density at radius 1 is 1.17 bits per heavy atom. The number of carbonyl (C=O) groups excluding carboxylic acids is 1. The molecule has 1 aliphatic rings. The molecule has 29 heavy (non-hydrogen) atoms. The molecule has 0 spiro atoms. The number of hydrogen-bond acceptors (Lipinski definition) is 6. The van der Waals surface area contributed by atoms with Gasteiger partial charge in [0.1, 0.15) is 12.4 Å². The first-order valence-corrected chi connectivity index (χ1v) is 11.7. The Morgan fingerprint density at radius 2 is 1.93 bits per heavy atom. The molecule has 1 aromatic heterocycles. The molecule has 3 aromatic rings. The number of nitrogens with zero attached hydrogens (tertiary/aromatic N) is 1. The molecule has 0 aliphatic carbocycles. The van der Waals surface area contributed by atoms with Crippen LogP contribution in [0.15, 0.2) is 53.4 Å². The molecule has 1 aliphatic heterocycles. The maximum Gasteiger partial charge on any atom is 0.226 e. The highest BCUT2D eigenvalue weighted by molar-refractivity contribution is 7.91. The van der Waals surface area contributed by atoms with Gasteiger partial charge in [0.25, 0.3) is 0 Å². The van der Waals surface area contributed by atoms with E-state index in [4.69, 9.17) is 4.74 Å². The van der Waals surface area contributed by atoms with Crippen molar-refractivity contribution < 1.29 is 17.9 Å². The molecule has 6 nitrogen and oxygen atoms in total. The second-order valence-corrected chi connectivity index (χ2v) is 10.1. The van der Waals surface area contributed by atoms with Gasteiger partial charge in [-0.05, 0) is 37.6 Å². The van der Waals surface area contributed by atoms with Crippen LogP contribution in [-0.2, 0) is 21.2 Å². The third-order valence-corrected chi connectivity index (χ3v) is 7.40. The zero-order chi connectivity index (χ0) is 20.4. The van der Waals surface area contributed by atoms with Crippen molar-refractivity contribution in [3.05, 3.63) is 59.0 Å². The van der Waals surface area contributed by atoms with Gasteiger partial charge in [0, 0.05) is 12.0 Å². The average molecular weight is 429 g/mol. The number of benzene rings is 2. The van der Waals surface area contributed by atoms with Gasteiger partial charge in [-0.3, -0.25) is 4.79 Å². The summed E-state index contributed by atoms with van der Waals surface area (Å²) in [5.74, 6) is 0.466. The lowest BCUT2D eigenvalue weighted by Gasteiger charge is -2.15. The molecule has 0 fully saturated rings. The summed E-state index contributed by atoms with van der Waals surface area (Å²) in [6.07, 6.45) is 0.363. The molecule has 8 heteroatoms. The smallest absolute Gasteiger partial charge is 0.226 e. The number of aryl methyl sites for hydroxylation is 1. The SMILES string of the molecule is Cc1ccc(S(=O)(=O)CCCC(=O)Nc2nc3c(s2)COc2ccccc2-3)cc1. The minimum atomic E-state index is -3.39. The van der Waals surface area contributed by atoms with E-state index in [2.05, 4.69) is 10.3 Å². The van der Waals surface area contributed by atoms with Crippen LogP contribution in [0.5, 0.6) is 5.75 Å². The van der Waals surface area contributed by atoms with Gasteiger partial charge in [0.15, 0.2) is 15.0 Å². The molecular formula is C21H20N2O4S2. The van der Waals surface area contributed by atoms with Gasteiger partial charge in [0.05, 0.1) is 21.2 Å². The molecule has 0 saturated carbocycles. The zero-order valence-corrected chi connectivity index (χ0v) is 17.5. The van der Waals surface area contributed by atoms with E-state index in [1.807, 2.05) is 31.2 Å². The Balaban J connectivity index is 1.35. The molecule has 150 valence electrons. The Morgan fingerprint density at radius 3 is 2.72 bits per heavy atom. The third kappa shape index (κ3) is 4.33. The van der Waals surface area contributed by atoms with Gasteiger partial charge < -0.3 is 10.1 Å². The monoisotopic (exact) mass is 428 g/mol. The van der Waals surface area contributed by atoms with E-state index in [0.29, 0.717) is 11.7 Å². The lowest BCUT2D eigenvalue weighted by molar-refractivity contribution is -0.116. The number of fused-ring (bicyclic) bond motifs is 3. The molecule has 0 bridgehead atoms. The maximum atomic E-state index is 12.4. The number of sulfone groups is 1. The van der Waals surface area contributed by atoms with Crippen LogP contribution in [0.25, 0.3) is 11.3 Å². The fraction of sp³-hybridized carbons (Fsp3) is 0.238. The van der Waals surface area contributed by atoms with Crippen LogP contribution in [0.3, 0.4) is 0 Å². The summed E-state index contributed by atoms with van der Waals surface area (Å²) < 4.78 is 30.5. The molecular weight excluding hydrogens is 408 g/mol. The minimum Gasteiger partial charge on any atom is -0.487 e. The van der Waals surface area contributed by atoms with E-state index in [9.17, 15) is 13.2 Å². The largest absolute Gasteiger partial charge is 0.487 e. The summed E-state index contributed by atoms with van der Waals surface area (Å²) in [5.41, 5.74) is 2.74. The molecule has 0 atom stereocenters. The second kappa shape index (κ2) is 7.96. The number of hydrogen-bond donors (Lipinski definition) is 1. The van der Waals surface area contributed by atoms with Crippen molar-refractivity contribution in [1.82, 2.24) is 4.98 Å². The van der Waals surface area contributed by atoms with E-state index in [1.165, 1.54) is 11.3 Å². The Bertz CT molecular complexity index is 1150. The summed E-state index contributed by atoms with van der Waals surface area (Å²) in [4.78, 5) is 18.0. The molecule has 0 saturated heterocycles. The molecule has 4 rings (SSSR count). The predicted octanol–water partition coefficient (Wildman–Crippen LogP) is 4.20. The normalized spacial score (nSPS) is 12.6. The first kappa shape index (κ1) is 19.6. The highest BCUT2D eigenvalue weighted by Gasteiger charge is 2.22. The van der Waals surface area contributed by atoms with Gasteiger partial charge in [-0.1, -0.05) is 41.2 Å². The number of para-hydroxylation sites is 1. The standard InChI is InChI=1S/C21H20N2O4S2/c1-14-8-10-15(11-9-14)29(25,26)12-4-7-19(24)22-21-23-20-16-5-2-3-6-17(16)27-13-18(20)28-21/h2-3,5-6,8-11H,4,7,12-13H2,1H3,(H,22,23,24). The topological polar surface area (TPSA) is 85.4 Å². The first-order valence-electron chi connectivity index (χ1n) is 9.23. The van der Waals surface area contributed by atoms with Gasteiger partial charge in [-0.2, -0.15) is 0 Å². The van der Waals surface area contributed by atoms with Crippen molar-refractivity contribution in [1.29, 1.82) is 0 Å². The van der Waals surface area contributed by atoms with Crippen LogP contribution in [0.1, 0.15) is 23.3 Å². The van der Waals surface area contributed by atoms with Crippen molar-refractivity contribution in [3.63, 3.8) is 0 Å². The Labute approximate surface area is 173 Å². The molecule has 0 radical (unpaired) electrons. The summed E-state index contributed by atoms with van der Waals surface area (Å²) >= 11 is 1.38. The van der Waals surface area contributed by atoms with Crippen molar-refractivity contribution >= 4 is 32.2 Å². The van der Waals surface area contributed by atoms with Crippen molar-refractivity contribution in [2.75, 3.05) is 11.1 Å². The summed E-state index contributed by atoms with van der Waals surface area (Å²) in [6.45, 7) is 2.33. The molecule has 1 amide bonds. The van der Waals surface area contributed by atoms with Crippen LogP contribution >= 0.6 is 11.3 Å². The Hall–Kier alpha value is -2.71. The van der Waals surface area contributed by atoms with E-state index in [-0.39, 0.29) is 29.4 Å². The van der Waals surface area contributed by atoms with Crippen molar-refractivity contribution in [3.8, 4) is 17.0 Å². The summed E-state index contributed by atoms with van der Waals surface area (Å²) in [5, 5.41) is 3.28. The third-order valence-electron chi connectivity index (χ3n) is 4.64. The number of rotatable bonds is 6. The molecule has 1 N–H and O–H groups in total. The first-order chi connectivity index (χ1) is 13.9. The average Bonchev–Trinajstić information content (AvgIpc) is 3.11. The fourth-order valence-corrected chi connectivity index (χ4v) is 5.33. The van der Waals surface area contributed by atoms with Crippen LogP contribution in [-0.4, -0.2) is 25.1 Å². The van der Waals surface area contributed by atoms with Gasteiger partial charge in [-0.25, -0.2) is 13.4 Å². The van der Waals surface area contributed by atoms with Crippen LogP contribution in [0.2, 0.25) is 0 Å². The fourth-order valence-electron chi connectivity index (χ4n) is 3.11. The predicted molar refractivity (Wildman–Crippen MR) is 113 cm³/mol. The van der Waals surface area contributed by atoms with E-state index in [0.717, 1.165) is 27.4 Å². The van der Waals surface area contributed by atoms with E-state index >= 15 is 0 Å². The van der Waals surface area contributed by atoms with Gasteiger partial charge >= 0.3 is 0 Å². The number of ether oxygens (including phenoxy) is 1. The number of aromatic nitrogens is 1. The number of anilines is 1. The maximum absolute atomic E-state index is 12.4. The second-order valence-electron chi connectivity index (χ2n) is 6.86. The van der Waals surface area contributed by atoms with Crippen LogP contribution in [0, 0.1) is 6.92 Å². The minimum absolute atomic E-state index is 0.0704. The van der Waals surface area contributed by atoms with Gasteiger partial charge in [0.2, 0.25) is 5.91 Å². The molecule has 2 heterocycles. The highest BCUT2D eigenvalue weighted by atomic mass is 32.2. The van der Waals surface area contributed by atoms with Crippen molar-refractivity contribution in [2.24, 2.45) is 0 Å². The van der Waals surface area contributed by atoms with Gasteiger partial charge in [-0.15, -0.1) is 0 Å². The van der Waals surface area contributed by atoms with Crippen molar-refractivity contribution in [2.45, 2.75) is 31.3 Å². The van der Waals surface area contributed by atoms with E-state index in [1.54, 1.807) is 24.3 Å². The van der Waals surface area contributed by atoms with E-state index < -0.39 is 9.84 Å².